The van der Waals surface area contributed by atoms with E-state index in [9.17, 15) is 4.79 Å². The molecule has 4 nitrogen and oxygen atoms in total. The van der Waals surface area contributed by atoms with Crippen molar-refractivity contribution in [3.05, 3.63) is 35.9 Å². The van der Waals surface area contributed by atoms with Crippen molar-refractivity contribution in [3.8, 4) is 0 Å². The summed E-state index contributed by atoms with van der Waals surface area (Å²) in [5, 5.41) is 11.4. The van der Waals surface area contributed by atoms with E-state index >= 15 is 0 Å². The lowest BCUT2D eigenvalue weighted by Crippen LogP contribution is -2.11. The van der Waals surface area contributed by atoms with Gasteiger partial charge >= 0.3 is 0 Å². The molecule has 0 bridgehead atoms. The monoisotopic (exact) mass is 325 g/mol. The number of carbonyl (C=O) groups is 1. The van der Waals surface area contributed by atoms with E-state index in [-0.39, 0.29) is 5.91 Å². The first-order valence-electron chi connectivity index (χ1n) is 6.07. The molecule has 20 heavy (non-hydrogen) atoms. The predicted octanol–water partition coefficient (Wildman–Crippen LogP) is 3.52. The smallest absolute Gasteiger partial charge is 0.227 e. The maximum Gasteiger partial charge on any atom is 0.227 e. The van der Waals surface area contributed by atoms with E-state index in [1.54, 1.807) is 23.5 Å². The second kappa shape index (κ2) is 8.28. The third kappa shape index (κ3) is 5.15. The average molecular weight is 325 g/mol. The van der Waals surface area contributed by atoms with Gasteiger partial charge in [0.15, 0.2) is 4.34 Å². The lowest BCUT2D eigenvalue weighted by atomic mass is 10.2. The number of benzene rings is 1. The molecule has 0 saturated carbocycles. The number of nitrogens with zero attached hydrogens (tertiary/aromatic N) is 2. The second-order valence-corrected chi connectivity index (χ2v) is 7.12. The van der Waals surface area contributed by atoms with Gasteiger partial charge in [-0.3, -0.25) is 4.79 Å². The maximum atomic E-state index is 11.6. The molecule has 1 heterocycles. The van der Waals surface area contributed by atoms with Crippen molar-refractivity contribution < 1.29 is 4.79 Å². The van der Waals surface area contributed by atoms with Crippen molar-refractivity contribution in [3.63, 3.8) is 0 Å². The molecule has 7 heteroatoms. The van der Waals surface area contributed by atoms with Crippen molar-refractivity contribution >= 4 is 45.9 Å². The SMILES string of the molecule is CSCCC(=O)Nc1nnc(SCc2ccccc2)s1. The summed E-state index contributed by atoms with van der Waals surface area (Å²) < 4.78 is 0.869. The highest BCUT2D eigenvalue weighted by molar-refractivity contribution is 8.00. The minimum Gasteiger partial charge on any atom is -0.300 e. The molecule has 1 aromatic heterocycles. The minimum absolute atomic E-state index is 0.00453. The molecule has 0 spiro atoms. The van der Waals surface area contributed by atoms with Gasteiger partial charge < -0.3 is 5.32 Å². The number of rotatable bonds is 7. The zero-order chi connectivity index (χ0) is 14.2. The summed E-state index contributed by atoms with van der Waals surface area (Å²) >= 11 is 4.70. The highest BCUT2D eigenvalue weighted by Crippen LogP contribution is 2.28. The van der Waals surface area contributed by atoms with Crippen LogP contribution in [0.15, 0.2) is 34.7 Å². The fourth-order valence-electron chi connectivity index (χ4n) is 1.41. The highest BCUT2D eigenvalue weighted by Gasteiger charge is 2.08. The van der Waals surface area contributed by atoms with Crippen molar-refractivity contribution in [2.45, 2.75) is 16.5 Å². The van der Waals surface area contributed by atoms with Gasteiger partial charge in [0.2, 0.25) is 11.0 Å². The molecule has 2 rings (SSSR count). The fourth-order valence-corrected chi connectivity index (χ4v) is 3.53. The molecule has 0 fully saturated rings. The summed E-state index contributed by atoms with van der Waals surface area (Å²) in [6.07, 6.45) is 2.49. The number of hydrogen-bond donors (Lipinski definition) is 1. The van der Waals surface area contributed by atoms with Gasteiger partial charge in [-0.1, -0.05) is 53.4 Å². The number of thioether (sulfide) groups is 2. The Kier molecular flexibility index (Phi) is 6.35. The Morgan fingerprint density at radius 3 is 2.85 bits per heavy atom. The van der Waals surface area contributed by atoms with E-state index in [0.717, 1.165) is 15.8 Å². The standard InChI is InChI=1S/C13H15N3OS3/c1-18-8-7-11(17)14-12-15-16-13(20-12)19-9-10-5-3-2-4-6-10/h2-6H,7-9H2,1H3,(H,14,15,17). The molecule has 0 atom stereocenters. The fraction of sp³-hybridized carbons (Fsp3) is 0.308. The van der Waals surface area contributed by atoms with Crippen molar-refractivity contribution in [1.82, 2.24) is 10.2 Å². The van der Waals surface area contributed by atoms with Crippen LogP contribution in [0.25, 0.3) is 0 Å². The molecule has 1 aromatic carbocycles. The Hall–Kier alpha value is -1.05. The van der Waals surface area contributed by atoms with Crippen LogP contribution < -0.4 is 5.32 Å². The Bertz CT molecular complexity index is 545. The average Bonchev–Trinajstić information content (AvgIpc) is 2.91. The lowest BCUT2D eigenvalue weighted by Gasteiger charge is -1.98. The molecule has 0 aliphatic carbocycles. The first-order valence-corrected chi connectivity index (χ1v) is 9.26. The number of nitrogens with one attached hydrogen (secondary N) is 1. The van der Waals surface area contributed by atoms with Gasteiger partial charge in [-0.2, -0.15) is 11.8 Å². The van der Waals surface area contributed by atoms with Crippen molar-refractivity contribution in [2.75, 3.05) is 17.3 Å². The second-order valence-electron chi connectivity index (χ2n) is 3.94. The van der Waals surface area contributed by atoms with Gasteiger partial charge in [0, 0.05) is 17.9 Å². The van der Waals surface area contributed by atoms with Crippen LogP contribution >= 0.6 is 34.9 Å². The Balaban J connectivity index is 1.81. The topological polar surface area (TPSA) is 54.9 Å². The van der Waals surface area contributed by atoms with Crippen molar-refractivity contribution in [1.29, 1.82) is 0 Å². The Labute approximate surface area is 130 Å². The van der Waals surface area contributed by atoms with E-state index in [1.165, 1.54) is 16.9 Å². The van der Waals surface area contributed by atoms with Gasteiger partial charge in [0.25, 0.3) is 0 Å². The third-order valence-electron chi connectivity index (χ3n) is 2.39. The van der Waals surface area contributed by atoms with Crippen LogP contribution in [0.2, 0.25) is 0 Å². The molecular formula is C13H15N3OS3. The molecule has 1 amide bonds. The van der Waals surface area contributed by atoms with Crippen LogP contribution in [0.1, 0.15) is 12.0 Å². The van der Waals surface area contributed by atoms with Crippen LogP contribution in [-0.4, -0.2) is 28.1 Å². The Morgan fingerprint density at radius 1 is 1.30 bits per heavy atom. The van der Waals surface area contributed by atoms with Gasteiger partial charge in [-0.05, 0) is 11.8 Å². The van der Waals surface area contributed by atoms with Gasteiger partial charge in [0.05, 0.1) is 0 Å². The molecule has 1 N–H and O–H groups in total. The van der Waals surface area contributed by atoms with E-state index in [4.69, 9.17) is 0 Å². The zero-order valence-electron chi connectivity index (χ0n) is 11.0. The highest BCUT2D eigenvalue weighted by atomic mass is 32.2. The van der Waals surface area contributed by atoms with Crippen LogP contribution in [0, 0.1) is 0 Å². The first-order chi connectivity index (χ1) is 9.78. The summed E-state index contributed by atoms with van der Waals surface area (Å²) in [5.74, 6) is 1.67. The number of hydrogen-bond acceptors (Lipinski definition) is 6. The quantitative estimate of drug-likeness (QED) is 0.623. The molecule has 0 saturated heterocycles. The van der Waals surface area contributed by atoms with Gasteiger partial charge in [0.1, 0.15) is 0 Å². The molecule has 0 aliphatic rings. The summed E-state index contributed by atoms with van der Waals surface area (Å²) in [4.78, 5) is 11.6. The van der Waals surface area contributed by atoms with Gasteiger partial charge in [-0.25, -0.2) is 0 Å². The van der Waals surface area contributed by atoms with Crippen LogP contribution in [-0.2, 0) is 10.5 Å². The van der Waals surface area contributed by atoms with Crippen LogP contribution in [0.4, 0.5) is 5.13 Å². The summed E-state index contributed by atoms with van der Waals surface area (Å²) in [5.41, 5.74) is 1.25. The number of amides is 1. The van der Waals surface area contributed by atoms with E-state index < -0.39 is 0 Å². The first kappa shape index (κ1) is 15.3. The largest absolute Gasteiger partial charge is 0.300 e. The van der Waals surface area contributed by atoms with Crippen molar-refractivity contribution in [2.24, 2.45) is 0 Å². The minimum atomic E-state index is -0.00453. The molecule has 106 valence electrons. The van der Waals surface area contributed by atoms with E-state index in [2.05, 4.69) is 27.6 Å². The normalized spacial score (nSPS) is 10.4. The number of carbonyl (C=O) groups excluding carboxylic acids is 1. The molecule has 0 radical (unpaired) electrons. The van der Waals surface area contributed by atoms with Gasteiger partial charge in [-0.15, -0.1) is 10.2 Å². The van der Waals surface area contributed by atoms with E-state index in [1.807, 2.05) is 24.5 Å². The number of aromatic nitrogens is 2. The summed E-state index contributed by atoms with van der Waals surface area (Å²) in [6, 6.07) is 10.2. The molecule has 0 unspecified atom stereocenters. The molecular weight excluding hydrogens is 310 g/mol. The number of anilines is 1. The molecule has 2 aromatic rings. The summed E-state index contributed by atoms with van der Waals surface area (Å²) in [6.45, 7) is 0. The maximum absolute atomic E-state index is 11.6. The lowest BCUT2D eigenvalue weighted by molar-refractivity contribution is -0.115. The Morgan fingerprint density at radius 2 is 2.10 bits per heavy atom. The van der Waals surface area contributed by atoms with Crippen LogP contribution in [0.5, 0.6) is 0 Å². The van der Waals surface area contributed by atoms with Crippen LogP contribution in [0.3, 0.4) is 0 Å². The zero-order valence-corrected chi connectivity index (χ0v) is 13.5. The third-order valence-corrected chi connectivity index (χ3v) is 5.05. The van der Waals surface area contributed by atoms with E-state index in [0.29, 0.717) is 11.6 Å². The molecule has 0 aliphatic heterocycles. The predicted molar refractivity (Wildman–Crippen MR) is 87.5 cm³/mol. The summed E-state index contributed by atoms with van der Waals surface area (Å²) in [7, 11) is 0.